The molecule has 0 radical (unpaired) electrons. The van der Waals surface area contributed by atoms with E-state index in [0.29, 0.717) is 13.1 Å². The molecule has 1 atom stereocenters. The number of likely N-dealkylation sites (N-methyl/N-ethyl adjacent to an activating group) is 1. The molecular formula is C13H17F2N3O2. The Balaban J connectivity index is 2.48. The van der Waals surface area contributed by atoms with E-state index in [1.807, 2.05) is 0 Å². The van der Waals surface area contributed by atoms with E-state index < -0.39 is 16.6 Å². The number of piperidine rings is 1. The van der Waals surface area contributed by atoms with Gasteiger partial charge in [0.2, 0.25) is 0 Å². The zero-order valence-electron chi connectivity index (χ0n) is 11.2. The van der Waals surface area contributed by atoms with Gasteiger partial charge >= 0.3 is 0 Å². The Morgan fingerprint density at radius 3 is 2.85 bits per heavy atom. The summed E-state index contributed by atoms with van der Waals surface area (Å²) in [4.78, 5) is 12.0. The minimum atomic E-state index is -1.14. The van der Waals surface area contributed by atoms with Crippen molar-refractivity contribution in [2.24, 2.45) is 0 Å². The van der Waals surface area contributed by atoms with Gasteiger partial charge < -0.3 is 10.2 Å². The van der Waals surface area contributed by atoms with Gasteiger partial charge in [-0.05, 0) is 32.4 Å². The van der Waals surface area contributed by atoms with Crippen LogP contribution in [0.15, 0.2) is 12.1 Å². The van der Waals surface area contributed by atoms with E-state index in [1.165, 1.54) is 0 Å². The molecule has 0 aliphatic carbocycles. The molecule has 1 fully saturated rings. The van der Waals surface area contributed by atoms with Gasteiger partial charge in [0.15, 0.2) is 17.3 Å². The fourth-order valence-corrected chi connectivity index (χ4v) is 2.69. The molecule has 1 aliphatic heterocycles. The van der Waals surface area contributed by atoms with Crippen LogP contribution in [0, 0.1) is 21.7 Å². The molecule has 110 valence electrons. The highest BCUT2D eigenvalue weighted by molar-refractivity contribution is 5.65. The summed E-state index contributed by atoms with van der Waals surface area (Å²) in [7, 11) is 1.77. The Morgan fingerprint density at radius 2 is 2.20 bits per heavy atom. The van der Waals surface area contributed by atoms with E-state index in [1.54, 1.807) is 11.9 Å². The summed E-state index contributed by atoms with van der Waals surface area (Å²) in [6, 6.07) is 1.76. The number of nitro groups is 1. The summed E-state index contributed by atoms with van der Waals surface area (Å²) in [5.74, 6) is -2.19. The van der Waals surface area contributed by atoms with Crippen molar-refractivity contribution in [2.75, 3.05) is 25.0 Å². The molecule has 1 aliphatic rings. The van der Waals surface area contributed by atoms with Crippen LogP contribution in [0.3, 0.4) is 0 Å². The van der Waals surface area contributed by atoms with Crippen molar-refractivity contribution < 1.29 is 13.7 Å². The Labute approximate surface area is 115 Å². The molecule has 1 heterocycles. The van der Waals surface area contributed by atoms with Crippen molar-refractivity contribution in [3.8, 4) is 0 Å². The summed E-state index contributed by atoms with van der Waals surface area (Å²) in [6.07, 6.45) is 2.59. The van der Waals surface area contributed by atoms with E-state index in [2.05, 4.69) is 5.32 Å². The van der Waals surface area contributed by atoms with Gasteiger partial charge in [0.25, 0.3) is 5.69 Å². The lowest BCUT2D eigenvalue weighted by Crippen LogP contribution is -2.45. The van der Waals surface area contributed by atoms with Crippen molar-refractivity contribution in [1.29, 1.82) is 0 Å². The summed E-state index contributed by atoms with van der Waals surface area (Å²) in [6.45, 7) is 1.07. The quantitative estimate of drug-likeness (QED) is 0.682. The Kier molecular flexibility index (Phi) is 4.49. The van der Waals surface area contributed by atoms with Crippen LogP contribution in [-0.4, -0.2) is 31.1 Å². The van der Waals surface area contributed by atoms with Crippen molar-refractivity contribution in [2.45, 2.75) is 25.3 Å². The zero-order chi connectivity index (χ0) is 14.7. The first kappa shape index (κ1) is 14.6. The van der Waals surface area contributed by atoms with Gasteiger partial charge in [-0.2, -0.15) is 0 Å². The number of anilines is 1. The van der Waals surface area contributed by atoms with Crippen LogP contribution < -0.4 is 10.2 Å². The first-order valence-corrected chi connectivity index (χ1v) is 6.60. The molecule has 7 heteroatoms. The van der Waals surface area contributed by atoms with E-state index in [0.717, 1.165) is 31.4 Å². The van der Waals surface area contributed by atoms with Crippen LogP contribution in [0.1, 0.15) is 19.3 Å². The summed E-state index contributed by atoms with van der Waals surface area (Å²) in [5.41, 5.74) is -0.609. The first-order valence-electron chi connectivity index (χ1n) is 6.60. The van der Waals surface area contributed by atoms with Gasteiger partial charge in [-0.3, -0.25) is 10.1 Å². The van der Waals surface area contributed by atoms with E-state index in [-0.39, 0.29) is 17.4 Å². The van der Waals surface area contributed by atoms with Crippen molar-refractivity contribution in [3.05, 3.63) is 33.9 Å². The highest BCUT2D eigenvalue weighted by Gasteiger charge is 2.32. The molecule has 1 unspecified atom stereocenters. The van der Waals surface area contributed by atoms with Crippen LogP contribution in [-0.2, 0) is 0 Å². The minimum Gasteiger partial charge on any atom is -0.359 e. The van der Waals surface area contributed by atoms with Crippen molar-refractivity contribution in [3.63, 3.8) is 0 Å². The standard InChI is InChI=1S/C13H17F2N3O2/c1-16-8-9-4-2-3-7-17(9)13-11(18(19)20)6-5-10(14)12(13)15/h5-6,9,16H,2-4,7-8H2,1H3. The third-order valence-electron chi connectivity index (χ3n) is 3.60. The molecule has 0 bridgehead atoms. The largest absolute Gasteiger partial charge is 0.359 e. The number of hydrogen-bond donors (Lipinski definition) is 1. The average Bonchev–Trinajstić information content (AvgIpc) is 2.42. The van der Waals surface area contributed by atoms with Crippen molar-refractivity contribution in [1.82, 2.24) is 5.32 Å². The fraction of sp³-hybridized carbons (Fsp3) is 0.538. The number of benzene rings is 1. The summed E-state index contributed by atoms with van der Waals surface area (Å²) >= 11 is 0. The fourth-order valence-electron chi connectivity index (χ4n) is 2.69. The Bertz CT molecular complexity index is 509. The van der Waals surface area contributed by atoms with Gasteiger partial charge in [-0.25, -0.2) is 8.78 Å². The van der Waals surface area contributed by atoms with E-state index in [9.17, 15) is 18.9 Å². The van der Waals surface area contributed by atoms with Gasteiger partial charge in [-0.15, -0.1) is 0 Å². The highest BCUT2D eigenvalue weighted by atomic mass is 19.2. The molecule has 5 nitrogen and oxygen atoms in total. The number of nitrogens with one attached hydrogen (secondary N) is 1. The van der Waals surface area contributed by atoms with Gasteiger partial charge in [0.05, 0.1) is 4.92 Å². The molecule has 0 amide bonds. The number of nitro benzene ring substituents is 1. The number of halogens is 2. The topological polar surface area (TPSA) is 58.4 Å². The number of nitrogens with zero attached hydrogens (tertiary/aromatic N) is 2. The normalized spacial score (nSPS) is 19.1. The summed E-state index contributed by atoms with van der Waals surface area (Å²) in [5, 5.41) is 14.1. The molecule has 2 rings (SSSR count). The average molecular weight is 285 g/mol. The lowest BCUT2D eigenvalue weighted by Gasteiger charge is -2.37. The smallest absolute Gasteiger partial charge is 0.295 e. The molecular weight excluding hydrogens is 268 g/mol. The predicted octanol–water partition coefficient (Wildman–Crippen LogP) is 2.45. The van der Waals surface area contributed by atoms with Crippen LogP contribution in [0.4, 0.5) is 20.2 Å². The Morgan fingerprint density at radius 1 is 1.45 bits per heavy atom. The number of rotatable bonds is 4. The predicted molar refractivity (Wildman–Crippen MR) is 71.9 cm³/mol. The van der Waals surface area contributed by atoms with Crippen LogP contribution >= 0.6 is 0 Å². The lowest BCUT2D eigenvalue weighted by atomic mass is 10.0. The second-order valence-electron chi connectivity index (χ2n) is 4.89. The summed E-state index contributed by atoms with van der Waals surface area (Å²) < 4.78 is 27.5. The van der Waals surface area contributed by atoms with E-state index in [4.69, 9.17) is 0 Å². The highest BCUT2D eigenvalue weighted by Crippen LogP contribution is 2.36. The molecule has 0 saturated carbocycles. The third kappa shape index (κ3) is 2.72. The van der Waals surface area contributed by atoms with Gasteiger partial charge in [0, 0.05) is 25.2 Å². The number of hydrogen-bond acceptors (Lipinski definition) is 4. The van der Waals surface area contributed by atoms with Crippen LogP contribution in [0.2, 0.25) is 0 Å². The van der Waals surface area contributed by atoms with Crippen molar-refractivity contribution >= 4 is 11.4 Å². The maximum absolute atomic E-state index is 14.1. The maximum atomic E-state index is 14.1. The molecule has 1 aromatic carbocycles. The molecule has 20 heavy (non-hydrogen) atoms. The SMILES string of the molecule is CNCC1CCCCN1c1c([N+](=O)[O-])ccc(F)c1F. The lowest BCUT2D eigenvalue weighted by molar-refractivity contribution is -0.384. The van der Waals surface area contributed by atoms with E-state index >= 15 is 0 Å². The maximum Gasteiger partial charge on any atom is 0.295 e. The Hall–Kier alpha value is -1.76. The van der Waals surface area contributed by atoms with Gasteiger partial charge in [0.1, 0.15) is 0 Å². The monoisotopic (exact) mass is 285 g/mol. The van der Waals surface area contributed by atoms with Gasteiger partial charge in [-0.1, -0.05) is 0 Å². The molecule has 0 aromatic heterocycles. The van der Waals surface area contributed by atoms with Crippen LogP contribution in [0.25, 0.3) is 0 Å². The molecule has 1 saturated heterocycles. The molecule has 1 N–H and O–H groups in total. The van der Waals surface area contributed by atoms with Crippen LogP contribution in [0.5, 0.6) is 0 Å². The first-order chi connectivity index (χ1) is 9.56. The minimum absolute atomic E-state index is 0.0660. The second kappa shape index (κ2) is 6.13. The molecule has 0 spiro atoms. The second-order valence-corrected chi connectivity index (χ2v) is 4.89. The zero-order valence-corrected chi connectivity index (χ0v) is 11.2. The third-order valence-corrected chi connectivity index (χ3v) is 3.60. The molecule has 1 aromatic rings.